The maximum atomic E-state index is 10.7. The van der Waals surface area contributed by atoms with Gasteiger partial charge in [-0.05, 0) is 43.9 Å². The molecule has 2 atom stereocenters. The number of nitrogens with zero attached hydrogens (tertiary/aromatic N) is 1. The van der Waals surface area contributed by atoms with Crippen LogP contribution < -0.4 is 0 Å². The van der Waals surface area contributed by atoms with Crippen LogP contribution in [0, 0.1) is 25.7 Å². The highest BCUT2D eigenvalue weighted by Gasteiger charge is 2.27. The van der Waals surface area contributed by atoms with E-state index in [9.17, 15) is 9.59 Å². The molecule has 1 aliphatic rings. The van der Waals surface area contributed by atoms with Crippen LogP contribution >= 0.6 is 0 Å². The molecule has 0 spiro atoms. The molecule has 0 bridgehead atoms. The lowest BCUT2D eigenvalue weighted by Gasteiger charge is -2.06. The summed E-state index contributed by atoms with van der Waals surface area (Å²) in [6.45, 7) is 5.66. The summed E-state index contributed by atoms with van der Waals surface area (Å²) in [5.41, 5.74) is 5.29. The summed E-state index contributed by atoms with van der Waals surface area (Å²) in [6, 6.07) is 11.9. The standard InChI is InChI=1S/C11H14O2.C10H11NO2/c1-8-4-3-5-10(6-8)7-9(2)11(12)13;1-6-2-3-7-4-8(10(12)13)5-9(7)11-6/h3-6,9H,7H2,1-2H3,(H,12,13);2-3,8H,4-5H2,1H3,(H,12,13)/t;8-/m.1/s1. The van der Waals surface area contributed by atoms with Gasteiger partial charge in [0.2, 0.25) is 0 Å². The van der Waals surface area contributed by atoms with E-state index in [-0.39, 0.29) is 11.8 Å². The highest BCUT2D eigenvalue weighted by atomic mass is 16.4. The molecule has 5 nitrogen and oxygen atoms in total. The summed E-state index contributed by atoms with van der Waals surface area (Å²) in [4.78, 5) is 25.6. The van der Waals surface area contributed by atoms with Crippen LogP contribution in [0.2, 0.25) is 0 Å². The van der Waals surface area contributed by atoms with E-state index in [4.69, 9.17) is 10.2 Å². The number of carbonyl (C=O) groups is 2. The van der Waals surface area contributed by atoms with Gasteiger partial charge in [-0.2, -0.15) is 0 Å². The van der Waals surface area contributed by atoms with Gasteiger partial charge in [-0.3, -0.25) is 14.6 Å². The molecular formula is C21H25NO4. The van der Waals surface area contributed by atoms with Gasteiger partial charge in [-0.15, -0.1) is 0 Å². The molecule has 26 heavy (non-hydrogen) atoms. The Bertz CT molecular complexity index is 800. The first-order valence-electron chi connectivity index (χ1n) is 8.72. The molecule has 1 heterocycles. The van der Waals surface area contributed by atoms with Crippen molar-refractivity contribution in [3.8, 4) is 0 Å². The molecule has 0 aliphatic heterocycles. The SMILES string of the molecule is Cc1ccc2c(n1)C[C@H](C(=O)O)C2.Cc1cccc(CC(C)C(=O)O)c1. The van der Waals surface area contributed by atoms with Crippen molar-refractivity contribution in [2.45, 2.75) is 40.0 Å². The first-order valence-corrected chi connectivity index (χ1v) is 8.72. The van der Waals surface area contributed by atoms with Crippen molar-refractivity contribution in [3.63, 3.8) is 0 Å². The molecule has 1 aromatic heterocycles. The van der Waals surface area contributed by atoms with E-state index >= 15 is 0 Å². The van der Waals surface area contributed by atoms with E-state index in [1.807, 2.05) is 50.2 Å². The van der Waals surface area contributed by atoms with Gasteiger partial charge in [0.15, 0.2) is 0 Å². The summed E-state index contributed by atoms with van der Waals surface area (Å²) in [5, 5.41) is 17.5. The molecule has 2 aromatic rings. The number of pyridine rings is 1. The third-order valence-corrected chi connectivity index (χ3v) is 4.51. The summed E-state index contributed by atoms with van der Waals surface area (Å²) in [7, 11) is 0. The summed E-state index contributed by atoms with van der Waals surface area (Å²) < 4.78 is 0. The second kappa shape index (κ2) is 8.61. The fraction of sp³-hybridized carbons (Fsp3) is 0.381. The van der Waals surface area contributed by atoms with Crippen LogP contribution in [-0.4, -0.2) is 27.1 Å². The van der Waals surface area contributed by atoms with Gasteiger partial charge in [0, 0.05) is 17.8 Å². The van der Waals surface area contributed by atoms with Gasteiger partial charge >= 0.3 is 11.9 Å². The molecule has 5 heteroatoms. The number of hydrogen-bond donors (Lipinski definition) is 2. The maximum absolute atomic E-state index is 10.7. The number of carboxylic acids is 2. The van der Waals surface area contributed by atoms with E-state index in [0.29, 0.717) is 19.3 Å². The molecule has 0 amide bonds. The van der Waals surface area contributed by atoms with E-state index < -0.39 is 11.9 Å². The summed E-state index contributed by atoms with van der Waals surface area (Å²) in [5.74, 6) is -2.01. The average molecular weight is 355 g/mol. The van der Waals surface area contributed by atoms with Gasteiger partial charge < -0.3 is 10.2 Å². The first-order chi connectivity index (χ1) is 12.3. The van der Waals surface area contributed by atoms with Crippen molar-refractivity contribution in [1.29, 1.82) is 0 Å². The lowest BCUT2D eigenvalue weighted by molar-refractivity contribution is -0.142. The monoisotopic (exact) mass is 355 g/mol. The molecule has 2 N–H and O–H groups in total. The zero-order valence-electron chi connectivity index (χ0n) is 15.4. The first kappa shape index (κ1) is 19.6. The van der Waals surface area contributed by atoms with Gasteiger partial charge in [0.1, 0.15) is 0 Å². The fourth-order valence-corrected chi connectivity index (χ4v) is 3.03. The van der Waals surface area contributed by atoms with Crippen molar-refractivity contribution < 1.29 is 19.8 Å². The number of aliphatic carboxylic acids is 2. The molecule has 1 unspecified atom stereocenters. The Morgan fingerprint density at radius 2 is 1.88 bits per heavy atom. The Morgan fingerprint density at radius 3 is 2.50 bits per heavy atom. The summed E-state index contributed by atoms with van der Waals surface area (Å²) >= 11 is 0. The van der Waals surface area contributed by atoms with E-state index in [1.54, 1.807) is 6.92 Å². The predicted molar refractivity (Wildman–Crippen MR) is 99.2 cm³/mol. The third-order valence-electron chi connectivity index (χ3n) is 4.51. The number of hydrogen-bond acceptors (Lipinski definition) is 3. The summed E-state index contributed by atoms with van der Waals surface area (Å²) in [6.07, 6.45) is 1.83. The highest BCUT2D eigenvalue weighted by Crippen LogP contribution is 2.25. The fourth-order valence-electron chi connectivity index (χ4n) is 3.03. The Kier molecular flexibility index (Phi) is 6.50. The van der Waals surface area contributed by atoms with E-state index in [0.717, 1.165) is 22.5 Å². The molecule has 1 aromatic carbocycles. The molecule has 0 saturated heterocycles. The van der Waals surface area contributed by atoms with E-state index in [2.05, 4.69) is 4.98 Å². The van der Waals surface area contributed by atoms with Gasteiger partial charge in [-0.1, -0.05) is 42.8 Å². The zero-order valence-corrected chi connectivity index (χ0v) is 15.4. The molecule has 3 rings (SSSR count). The van der Waals surface area contributed by atoms with Gasteiger partial charge in [-0.25, -0.2) is 0 Å². The van der Waals surface area contributed by atoms with Crippen LogP contribution in [0.1, 0.15) is 35.0 Å². The van der Waals surface area contributed by atoms with Crippen molar-refractivity contribution >= 4 is 11.9 Å². The second-order valence-corrected chi connectivity index (χ2v) is 6.93. The smallest absolute Gasteiger partial charge is 0.307 e. The second-order valence-electron chi connectivity index (χ2n) is 6.93. The highest BCUT2D eigenvalue weighted by molar-refractivity contribution is 5.72. The van der Waals surface area contributed by atoms with Crippen LogP contribution in [-0.2, 0) is 28.9 Å². The number of aromatic nitrogens is 1. The van der Waals surface area contributed by atoms with Crippen LogP contribution in [0.5, 0.6) is 0 Å². The average Bonchev–Trinajstić information content (AvgIpc) is 2.99. The number of aryl methyl sites for hydroxylation is 2. The van der Waals surface area contributed by atoms with Gasteiger partial charge in [0.05, 0.1) is 11.8 Å². The molecule has 0 radical (unpaired) electrons. The van der Waals surface area contributed by atoms with Crippen molar-refractivity contribution in [2.24, 2.45) is 11.8 Å². The molecule has 0 saturated carbocycles. The normalized spacial score (nSPS) is 16.2. The number of rotatable bonds is 4. The molecule has 0 fully saturated rings. The Balaban J connectivity index is 0.000000187. The Hall–Kier alpha value is -2.69. The maximum Gasteiger partial charge on any atom is 0.307 e. The Morgan fingerprint density at radius 1 is 1.15 bits per heavy atom. The largest absolute Gasteiger partial charge is 0.481 e. The topological polar surface area (TPSA) is 87.5 Å². The number of benzene rings is 1. The van der Waals surface area contributed by atoms with Crippen LogP contribution in [0.4, 0.5) is 0 Å². The minimum atomic E-state index is -0.735. The van der Waals surface area contributed by atoms with Crippen molar-refractivity contribution in [2.75, 3.05) is 0 Å². The molecule has 138 valence electrons. The van der Waals surface area contributed by atoms with Gasteiger partial charge in [0.25, 0.3) is 0 Å². The predicted octanol–water partition coefficient (Wildman–Crippen LogP) is 3.45. The minimum Gasteiger partial charge on any atom is -0.481 e. The van der Waals surface area contributed by atoms with Crippen LogP contribution in [0.3, 0.4) is 0 Å². The number of carboxylic acid groups (broad SMARTS) is 2. The molecule has 1 aliphatic carbocycles. The lowest BCUT2D eigenvalue weighted by atomic mass is 10.0. The quantitative estimate of drug-likeness (QED) is 0.877. The molecular weight excluding hydrogens is 330 g/mol. The minimum absolute atomic E-state index is 0.260. The van der Waals surface area contributed by atoms with Crippen LogP contribution in [0.25, 0.3) is 0 Å². The lowest BCUT2D eigenvalue weighted by Crippen LogP contribution is -2.13. The van der Waals surface area contributed by atoms with Crippen molar-refractivity contribution in [3.05, 3.63) is 64.5 Å². The van der Waals surface area contributed by atoms with Crippen molar-refractivity contribution in [1.82, 2.24) is 4.98 Å². The zero-order chi connectivity index (χ0) is 19.3. The van der Waals surface area contributed by atoms with Crippen LogP contribution in [0.15, 0.2) is 36.4 Å². The van der Waals surface area contributed by atoms with E-state index in [1.165, 1.54) is 5.56 Å². The third kappa shape index (κ3) is 5.41. The Labute approximate surface area is 153 Å². The number of fused-ring (bicyclic) bond motifs is 1.